The van der Waals surface area contributed by atoms with Crippen molar-refractivity contribution in [1.82, 2.24) is 14.9 Å². The number of carbonyl (C=O) groups is 1. The first kappa shape index (κ1) is 12.3. The van der Waals surface area contributed by atoms with Crippen LogP contribution in [0, 0.1) is 0 Å². The maximum absolute atomic E-state index is 11.9. The first-order valence-corrected chi connectivity index (χ1v) is 4.76. The summed E-state index contributed by atoms with van der Waals surface area (Å²) < 4.78 is 0. The van der Waals surface area contributed by atoms with Gasteiger partial charge >= 0.3 is 0 Å². The summed E-state index contributed by atoms with van der Waals surface area (Å²) in [6.45, 7) is 1.63. The topological polar surface area (TPSA) is 104 Å². The van der Waals surface area contributed by atoms with Crippen LogP contribution in [0.25, 0.3) is 0 Å². The molecule has 7 nitrogen and oxygen atoms in total. The molecule has 0 bridgehead atoms. The smallest absolute Gasteiger partial charge is 0.274 e. The van der Waals surface area contributed by atoms with Crippen LogP contribution < -0.4 is 11.3 Å². The highest BCUT2D eigenvalue weighted by atomic mass is 16.3. The summed E-state index contributed by atoms with van der Waals surface area (Å²) in [6, 6.07) is -0.274. The Hall–Kier alpha value is -1.73. The summed E-state index contributed by atoms with van der Waals surface area (Å²) in [5.74, 6) is 5.17. The van der Waals surface area contributed by atoms with Gasteiger partial charge in [-0.1, -0.05) is 0 Å². The van der Waals surface area contributed by atoms with Gasteiger partial charge in [-0.15, -0.1) is 0 Å². The molecule has 1 aromatic rings. The summed E-state index contributed by atoms with van der Waals surface area (Å²) in [7, 11) is 1.59. The van der Waals surface area contributed by atoms with Gasteiger partial charge in [0.1, 0.15) is 5.69 Å². The number of likely N-dealkylation sites (N-methyl/N-ethyl adjacent to an activating group) is 1. The van der Waals surface area contributed by atoms with E-state index in [1.807, 2.05) is 0 Å². The van der Waals surface area contributed by atoms with E-state index in [1.165, 1.54) is 17.3 Å². The quantitative estimate of drug-likeness (QED) is 0.458. The van der Waals surface area contributed by atoms with E-state index >= 15 is 0 Å². The normalized spacial score (nSPS) is 12.0. The largest absolute Gasteiger partial charge is 0.394 e. The minimum atomic E-state index is -0.314. The van der Waals surface area contributed by atoms with Gasteiger partial charge in [-0.2, -0.15) is 0 Å². The SMILES string of the molecule is CC(CO)N(C)C(=O)c1cncc(NN)n1. The zero-order valence-corrected chi connectivity index (χ0v) is 9.21. The monoisotopic (exact) mass is 225 g/mol. The molecule has 0 radical (unpaired) electrons. The second-order valence-electron chi connectivity index (χ2n) is 3.38. The van der Waals surface area contributed by atoms with E-state index in [1.54, 1.807) is 14.0 Å². The fourth-order valence-electron chi connectivity index (χ4n) is 1.04. The molecule has 88 valence electrons. The van der Waals surface area contributed by atoms with E-state index in [2.05, 4.69) is 15.4 Å². The highest BCUT2D eigenvalue weighted by Crippen LogP contribution is 2.05. The first-order valence-electron chi connectivity index (χ1n) is 4.76. The van der Waals surface area contributed by atoms with Gasteiger partial charge in [-0.05, 0) is 6.92 Å². The van der Waals surface area contributed by atoms with Gasteiger partial charge in [-0.25, -0.2) is 10.8 Å². The molecular weight excluding hydrogens is 210 g/mol. The number of hydrogen-bond donors (Lipinski definition) is 3. The second-order valence-corrected chi connectivity index (χ2v) is 3.38. The van der Waals surface area contributed by atoms with E-state index in [4.69, 9.17) is 10.9 Å². The lowest BCUT2D eigenvalue weighted by Gasteiger charge is -2.22. The Morgan fingerprint density at radius 3 is 2.94 bits per heavy atom. The molecule has 0 spiro atoms. The Balaban J connectivity index is 2.87. The molecule has 7 heteroatoms. The highest BCUT2D eigenvalue weighted by molar-refractivity contribution is 5.92. The fourth-order valence-corrected chi connectivity index (χ4v) is 1.04. The number of hydrazine groups is 1. The van der Waals surface area contributed by atoms with Crippen LogP contribution in [0.2, 0.25) is 0 Å². The Kier molecular flexibility index (Phi) is 4.15. The van der Waals surface area contributed by atoms with Crippen LogP contribution in [-0.2, 0) is 0 Å². The number of nitrogens with one attached hydrogen (secondary N) is 1. The van der Waals surface area contributed by atoms with Crippen molar-refractivity contribution in [2.45, 2.75) is 13.0 Å². The van der Waals surface area contributed by atoms with Crippen LogP contribution in [0.3, 0.4) is 0 Å². The molecule has 1 unspecified atom stereocenters. The maximum Gasteiger partial charge on any atom is 0.274 e. The minimum Gasteiger partial charge on any atom is -0.394 e. The van der Waals surface area contributed by atoms with Crippen molar-refractivity contribution in [3.63, 3.8) is 0 Å². The molecule has 1 amide bonds. The van der Waals surface area contributed by atoms with Crippen LogP contribution >= 0.6 is 0 Å². The van der Waals surface area contributed by atoms with Gasteiger partial charge in [0.25, 0.3) is 5.91 Å². The molecule has 0 aliphatic rings. The average Bonchev–Trinajstić information content (AvgIpc) is 2.36. The van der Waals surface area contributed by atoms with Gasteiger partial charge in [-0.3, -0.25) is 9.78 Å². The number of nitrogen functional groups attached to an aromatic ring is 1. The van der Waals surface area contributed by atoms with Gasteiger partial charge in [0.15, 0.2) is 5.82 Å². The van der Waals surface area contributed by atoms with Gasteiger partial charge < -0.3 is 15.4 Å². The minimum absolute atomic E-state index is 0.107. The van der Waals surface area contributed by atoms with Gasteiger partial charge in [0.05, 0.1) is 25.0 Å². The average molecular weight is 225 g/mol. The standard InChI is InChI=1S/C9H15N5O2/c1-6(5-15)14(2)9(16)7-3-11-4-8(12-7)13-10/h3-4,6,15H,5,10H2,1-2H3,(H,12,13). The number of anilines is 1. The molecule has 1 heterocycles. The summed E-state index contributed by atoms with van der Waals surface area (Å²) in [5.41, 5.74) is 2.49. The molecule has 1 aromatic heterocycles. The highest BCUT2D eigenvalue weighted by Gasteiger charge is 2.18. The van der Waals surface area contributed by atoms with Crippen molar-refractivity contribution < 1.29 is 9.90 Å². The zero-order valence-electron chi connectivity index (χ0n) is 9.21. The van der Waals surface area contributed by atoms with Crippen molar-refractivity contribution in [1.29, 1.82) is 0 Å². The van der Waals surface area contributed by atoms with Gasteiger partial charge in [0.2, 0.25) is 0 Å². The van der Waals surface area contributed by atoms with Crippen molar-refractivity contribution in [2.75, 3.05) is 19.1 Å². The van der Waals surface area contributed by atoms with E-state index in [9.17, 15) is 4.79 Å². The summed E-state index contributed by atoms with van der Waals surface area (Å²) in [5, 5.41) is 8.94. The van der Waals surface area contributed by atoms with Gasteiger partial charge in [0, 0.05) is 7.05 Å². The molecule has 16 heavy (non-hydrogen) atoms. The molecule has 1 rings (SSSR count). The molecule has 0 aliphatic heterocycles. The molecule has 4 N–H and O–H groups in total. The third kappa shape index (κ3) is 2.65. The van der Waals surface area contributed by atoms with E-state index in [0.29, 0.717) is 5.82 Å². The number of aliphatic hydroxyl groups is 1. The van der Waals surface area contributed by atoms with E-state index < -0.39 is 0 Å². The maximum atomic E-state index is 11.9. The Morgan fingerprint density at radius 2 is 2.38 bits per heavy atom. The predicted octanol–water partition coefficient (Wildman–Crippen LogP) is -0.785. The number of nitrogens with two attached hydrogens (primary N) is 1. The lowest BCUT2D eigenvalue weighted by atomic mass is 10.3. The number of aliphatic hydroxyl groups excluding tert-OH is 1. The molecule has 0 saturated heterocycles. The molecule has 1 atom stereocenters. The van der Waals surface area contributed by atoms with Crippen molar-refractivity contribution in [3.05, 3.63) is 18.1 Å². The lowest BCUT2D eigenvalue weighted by Crippen LogP contribution is -2.37. The van der Waals surface area contributed by atoms with Crippen LogP contribution in [0.4, 0.5) is 5.82 Å². The first-order chi connectivity index (χ1) is 7.60. The van der Waals surface area contributed by atoms with Crippen molar-refractivity contribution in [3.8, 4) is 0 Å². The molecular formula is C9H15N5O2. The number of hydrogen-bond acceptors (Lipinski definition) is 6. The Bertz CT molecular complexity index is 371. The van der Waals surface area contributed by atoms with Crippen LogP contribution in [0.1, 0.15) is 17.4 Å². The predicted molar refractivity (Wildman–Crippen MR) is 58.5 cm³/mol. The number of nitrogens with zero attached hydrogens (tertiary/aromatic N) is 3. The number of aromatic nitrogens is 2. The van der Waals surface area contributed by atoms with E-state index in [0.717, 1.165) is 0 Å². The molecule has 0 fully saturated rings. The number of amides is 1. The number of rotatable bonds is 4. The van der Waals surface area contributed by atoms with Crippen LogP contribution in [0.5, 0.6) is 0 Å². The summed E-state index contributed by atoms with van der Waals surface area (Å²) >= 11 is 0. The Morgan fingerprint density at radius 1 is 1.69 bits per heavy atom. The van der Waals surface area contributed by atoms with Crippen LogP contribution in [-0.4, -0.2) is 45.6 Å². The van der Waals surface area contributed by atoms with Crippen molar-refractivity contribution >= 4 is 11.7 Å². The lowest BCUT2D eigenvalue weighted by molar-refractivity contribution is 0.0676. The van der Waals surface area contributed by atoms with Crippen LogP contribution in [0.15, 0.2) is 12.4 Å². The second kappa shape index (κ2) is 5.38. The third-order valence-electron chi connectivity index (χ3n) is 2.25. The van der Waals surface area contributed by atoms with Crippen molar-refractivity contribution in [2.24, 2.45) is 5.84 Å². The van der Waals surface area contributed by atoms with E-state index in [-0.39, 0.29) is 24.2 Å². The molecule has 0 aliphatic carbocycles. The summed E-state index contributed by atoms with van der Waals surface area (Å²) in [4.78, 5) is 21.0. The molecule has 0 saturated carbocycles. The third-order valence-corrected chi connectivity index (χ3v) is 2.25. The fraction of sp³-hybridized carbons (Fsp3) is 0.444. The Labute approximate surface area is 93.3 Å². The summed E-state index contributed by atoms with van der Waals surface area (Å²) in [6.07, 6.45) is 2.76. The zero-order chi connectivity index (χ0) is 12.1. The number of carbonyl (C=O) groups excluding carboxylic acids is 1. The molecule has 0 aromatic carbocycles.